The van der Waals surface area contributed by atoms with E-state index in [1.54, 1.807) is 14.1 Å². The zero-order valence-electron chi connectivity index (χ0n) is 11.0. The maximum atomic E-state index is 13.9. The van der Waals surface area contributed by atoms with Crippen molar-refractivity contribution in [2.75, 3.05) is 19.4 Å². The first-order valence-corrected chi connectivity index (χ1v) is 7.29. The minimum Gasteiger partial charge on any atom is -0.382 e. The van der Waals surface area contributed by atoms with E-state index in [2.05, 4.69) is 9.71 Å². The van der Waals surface area contributed by atoms with E-state index in [0.29, 0.717) is 12.1 Å². The van der Waals surface area contributed by atoms with Gasteiger partial charge in [-0.05, 0) is 31.0 Å². The summed E-state index contributed by atoms with van der Waals surface area (Å²) in [6.07, 6.45) is 1.82. The Labute approximate surface area is 112 Å². The summed E-state index contributed by atoms with van der Waals surface area (Å²) >= 11 is 0. The van der Waals surface area contributed by atoms with Crippen LogP contribution in [-0.2, 0) is 16.4 Å². The lowest BCUT2D eigenvalue weighted by atomic mass is 10.1. The van der Waals surface area contributed by atoms with Crippen LogP contribution < -0.4 is 5.32 Å². The van der Waals surface area contributed by atoms with E-state index in [1.165, 1.54) is 17.0 Å². The lowest BCUT2D eigenvalue weighted by molar-refractivity contribution is 0.566. The van der Waals surface area contributed by atoms with Gasteiger partial charge < -0.3 is 10.2 Å². The Kier molecular flexibility index (Phi) is 3.49. The van der Waals surface area contributed by atoms with Gasteiger partial charge in [0.2, 0.25) is 0 Å². The molecule has 0 aliphatic carbocycles. The van der Waals surface area contributed by atoms with Gasteiger partial charge in [0.05, 0.1) is 0 Å². The fraction of sp³-hybridized carbons (Fsp3) is 0.417. The third kappa shape index (κ3) is 2.86. The molecule has 0 radical (unpaired) electrons. The molecule has 1 aliphatic rings. The number of fused-ring (bicyclic) bond motifs is 1. The zero-order valence-corrected chi connectivity index (χ0v) is 11.8. The smallest absolute Gasteiger partial charge is 0.286 e. The minimum absolute atomic E-state index is 0.178. The Morgan fingerprint density at radius 2 is 2.16 bits per heavy atom. The van der Waals surface area contributed by atoms with E-state index in [-0.39, 0.29) is 6.04 Å². The summed E-state index contributed by atoms with van der Waals surface area (Å²) in [5.41, 5.74) is 1.45. The molecule has 0 saturated heterocycles. The van der Waals surface area contributed by atoms with Crippen molar-refractivity contribution in [3.8, 4) is 0 Å². The van der Waals surface area contributed by atoms with E-state index >= 15 is 0 Å². The molecule has 1 aromatic rings. The Morgan fingerprint density at radius 3 is 2.79 bits per heavy atom. The van der Waals surface area contributed by atoms with E-state index in [0.717, 1.165) is 11.9 Å². The number of hydrogen-bond donors (Lipinski definition) is 1. The summed E-state index contributed by atoms with van der Waals surface area (Å²) in [5, 5.41) is 3.11. The molecule has 7 heteroatoms. The molecule has 0 fully saturated rings. The van der Waals surface area contributed by atoms with Crippen molar-refractivity contribution in [2.24, 2.45) is 4.40 Å². The molecule has 1 atom stereocenters. The Balaban J connectivity index is 2.44. The molecule has 1 aliphatic heterocycles. The van der Waals surface area contributed by atoms with E-state index in [9.17, 15) is 12.8 Å². The highest BCUT2D eigenvalue weighted by Crippen LogP contribution is 2.31. The lowest BCUT2D eigenvalue weighted by Crippen LogP contribution is -2.11. The van der Waals surface area contributed by atoms with Gasteiger partial charge in [0.25, 0.3) is 10.0 Å². The molecular formula is C12H16FN3O2S. The largest absolute Gasteiger partial charge is 0.382 e. The van der Waals surface area contributed by atoms with Gasteiger partial charge in [-0.1, -0.05) is 0 Å². The molecule has 0 spiro atoms. The van der Waals surface area contributed by atoms with E-state index in [4.69, 9.17) is 0 Å². The molecule has 0 bridgehead atoms. The van der Waals surface area contributed by atoms with Crippen molar-refractivity contribution in [3.05, 3.63) is 23.5 Å². The van der Waals surface area contributed by atoms with Crippen LogP contribution in [0, 0.1) is 5.82 Å². The number of anilines is 1. The van der Waals surface area contributed by atoms with Crippen LogP contribution >= 0.6 is 0 Å². The molecule has 0 aromatic heterocycles. The standard InChI is InChI=1S/C12H16FN3O2S/c1-8-4-9-5-10(13)12(6-11(9)15-8)19(17,18)14-7-16(2)3/h5-8,15H,4H2,1-3H3/b14-7+/t8-/m1/s1. The van der Waals surface area contributed by atoms with Crippen LogP contribution in [0.25, 0.3) is 0 Å². The van der Waals surface area contributed by atoms with Gasteiger partial charge in [-0.3, -0.25) is 0 Å². The predicted octanol–water partition coefficient (Wildman–Crippen LogP) is 1.46. The second-order valence-corrected chi connectivity index (χ2v) is 6.45. The number of hydrogen-bond acceptors (Lipinski definition) is 3. The van der Waals surface area contributed by atoms with Gasteiger partial charge in [-0.2, -0.15) is 8.42 Å². The molecular weight excluding hydrogens is 269 g/mol. The molecule has 0 saturated carbocycles. The van der Waals surface area contributed by atoms with Gasteiger partial charge in [-0.15, -0.1) is 4.40 Å². The quantitative estimate of drug-likeness (QED) is 0.674. The second kappa shape index (κ2) is 4.80. The number of halogens is 1. The molecule has 1 N–H and O–H groups in total. The fourth-order valence-electron chi connectivity index (χ4n) is 1.95. The van der Waals surface area contributed by atoms with Crippen molar-refractivity contribution in [1.82, 2.24) is 4.90 Å². The van der Waals surface area contributed by atoms with Crippen LogP contribution in [-0.4, -0.2) is 39.8 Å². The van der Waals surface area contributed by atoms with Gasteiger partial charge >= 0.3 is 0 Å². The predicted molar refractivity (Wildman–Crippen MR) is 72.6 cm³/mol. The number of sulfonamides is 1. The van der Waals surface area contributed by atoms with Crippen molar-refractivity contribution < 1.29 is 12.8 Å². The first-order valence-electron chi connectivity index (χ1n) is 5.85. The van der Waals surface area contributed by atoms with Crippen LogP contribution in [0.1, 0.15) is 12.5 Å². The molecule has 0 unspecified atom stereocenters. The third-order valence-corrected chi connectivity index (χ3v) is 4.02. The van der Waals surface area contributed by atoms with Crippen LogP contribution in [0.2, 0.25) is 0 Å². The average molecular weight is 285 g/mol. The first-order chi connectivity index (χ1) is 8.79. The molecule has 2 rings (SSSR count). The summed E-state index contributed by atoms with van der Waals surface area (Å²) in [4.78, 5) is 1.08. The SMILES string of the molecule is C[C@@H]1Cc2cc(F)c(S(=O)(=O)/N=C/N(C)C)cc2N1. The van der Waals surface area contributed by atoms with Crippen LogP contribution in [0.4, 0.5) is 10.1 Å². The summed E-state index contributed by atoms with van der Waals surface area (Å²) in [7, 11) is -0.732. The Morgan fingerprint density at radius 1 is 1.47 bits per heavy atom. The van der Waals surface area contributed by atoms with E-state index in [1.807, 2.05) is 6.92 Å². The third-order valence-electron chi connectivity index (χ3n) is 2.78. The summed E-state index contributed by atoms with van der Waals surface area (Å²) in [6.45, 7) is 1.95. The molecule has 1 heterocycles. The number of rotatable bonds is 3. The molecule has 104 valence electrons. The highest BCUT2D eigenvalue weighted by Gasteiger charge is 2.24. The summed E-state index contributed by atoms with van der Waals surface area (Å²) in [6, 6.07) is 2.76. The van der Waals surface area contributed by atoms with Gasteiger partial charge in [0.15, 0.2) is 0 Å². The highest BCUT2D eigenvalue weighted by molar-refractivity contribution is 7.90. The molecule has 19 heavy (non-hydrogen) atoms. The summed E-state index contributed by atoms with van der Waals surface area (Å²) in [5.74, 6) is -0.759. The van der Waals surface area contributed by atoms with E-state index < -0.39 is 20.7 Å². The second-order valence-electron chi connectivity index (χ2n) is 4.85. The number of nitrogens with one attached hydrogen (secondary N) is 1. The highest BCUT2D eigenvalue weighted by atomic mass is 32.2. The zero-order chi connectivity index (χ0) is 14.2. The lowest BCUT2D eigenvalue weighted by Gasteiger charge is -2.07. The molecule has 5 nitrogen and oxygen atoms in total. The first kappa shape index (κ1) is 13.8. The maximum Gasteiger partial charge on any atom is 0.286 e. The number of benzene rings is 1. The van der Waals surface area contributed by atoms with Crippen molar-refractivity contribution >= 4 is 22.0 Å². The molecule has 1 aromatic carbocycles. The van der Waals surface area contributed by atoms with Crippen LogP contribution in [0.5, 0.6) is 0 Å². The average Bonchev–Trinajstić information content (AvgIpc) is 2.64. The maximum absolute atomic E-state index is 13.9. The van der Waals surface area contributed by atoms with Gasteiger partial charge in [0.1, 0.15) is 17.1 Å². The summed E-state index contributed by atoms with van der Waals surface area (Å²) < 4.78 is 41.2. The topological polar surface area (TPSA) is 61.8 Å². The van der Waals surface area contributed by atoms with Crippen LogP contribution in [0.15, 0.2) is 21.4 Å². The van der Waals surface area contributed by atoms with Gasteiger partial charge in [-0.25, -0.2) is 4.39 Å². The monoisotopic (exact) mass is 285 g/mol. The van der Waals surface area contributed by atoms with Crippen molar-refractivity contribution in [3.63, 3.8) is 0 Å². The Hall–Kier alpha value is -1.63. The fourth-order valence-corrected chi connectivity index (χ4v) is 2.95. The van der Waals surface area contributed by atoms with Gasteiger partial charge in [0, 0.05) is 25.8 Å². The Bertz CT molecular complexity index is 626. The molecule has 0 amide bonds. The van der Waals surface area contributed by atoms with Crippen molar-refractivity contribution in [1.29, 1.82) is 0 Å². The number of nitrogens with zero attached hydrogens (tertiary/aromatic N) is 2. The van der Waals surface area contributed by atoms with Crippen LogP contribution in [0.3, 0.4) is 0 Å². The normalized spacial score (nSPS) is 18.4. The van der Waals surface area contributed by atoms with Crippen molar-refractivity contribution in [2.45, 2.75) is 24.3 Å². The minimum atomic E-state index is -4.01.